The van der Waals surface area contributed by atoms with Gasteiger partial charge in [0.25, 0.3) is 0 Å². The molecule has 1 heterocycles. The predicted molar refractivity (Wildman–Crippen MR) is 73.7 cm³/mol. The summed E-state index contributed by atoms with van der Waals surface area (Å²) in [6.45, 7) is 0. The van der Waals surface area contributed by atoms with Gasteiger partial charge in [-0.05, 0) is 35.9 Å². The van der Waals surface area contributed by atoms with Crippen LogP contribution in [0.2, 0.25) is 0 Å². The van der Waals surface area contributed by atoms with Crippen LogP contribution in [0.4, 0.5) is 0 Å². The summed E-state index contributed by atoms with van der Waals surface area (Å²) in [4.78, 5) is 0. The van der Waals surface area contributed by atoms with Crippen molar-refractivity contribution in [3.63, 3.8) is 0 Å². The second-order valence-electron chi connectivity index (χ2n) is 3.81. The lowest BCUT2D eigenvalue weighted by molar-refractivity contribution is 0.324. The first-order valence-electron chi connectivity index (χ1n) is 5.80. The fourth-order valence-electron chi connectivity index (χ4n) is 1.76. The standard InChI is InChI=1S/C15H16O4/c1-16-13-9-11(6-7-12-5-4-8-19-12)10-14(17-2)15(13)18-3/h4-10H,1-3H3. The van der Waals surface area contributed by atoms with Gasteiger partial charge < -0.3 is 18.6 Å². The molecule has 0 atom stereocenters. The van der Waals surface area contributed by atoms with Crippen molar-refractivity contribution in [3.8, 4) is 17.2 Å². The van der Waals surface area contributed by atoms with E-state index in [-0.39, 0.29) is 0 Å². The minimum absolute atomic E-state index is 0.583. The molecular weight excluding hydrogens is 244 g/mol. The van der Waals surface area contributed by atoms with Gasteiger partial charge in [0.2, 0.25) is 5.75 Å². The molecule has 2 rings (SSSR count). The Morgan fingerprint density at radius 1 is 0.947 bits per heavy atom. The lowest BCUT2D eigenvalue weighted by Gasteiger charge is -2.12. The van der Waals surface area contributed by atoms with Crippen LogP contribution >= 0.6 is 0 Å². The highest BCUT2D eigenvalue weighted by Crippen LogP contribution is 2.38. The van der Waals surface area contributed by atoms with Crippen LogP contribution in [-0.4, -0.2) is 21.3 Å². The van der Waals surface area contributed by atoms with Crippen molar-refractivity contribution in [2.45, 2.75) is 0 Å². The molecule has 4 heteroatoms. The minimum atomic E-state index is 0.583. The molecule has 100 valence electrons. The Morgan fingerprint density at radius 2 is 1.63 bits per heavy atom. The Hall–Kier alpha value is -2.36. The summed E-state index contributed by atoms with van der Waals surface area (Å²) in [7, 11) is 4.77. The molecule has 0 unspecified atom stereocenters. The van der Waals surface area contributed by atoms with Gasteiger partial charge in [-0.2, -0.15) is 0 Å². The van der Waals surface area contributed by atoms with E-state index in [0.29, 0.717) is 17.2 Å². The van der Waals surface area contributed by atoms with Gasteiger partial charge in [0.1, 0.15) is 5.76 Å². The quantitative estimate of drug-likeness (QED) is 0.825. The summed E-state index contributed by atoms with van der Waals surface area (Å²) in [6, 6.07) is 7.48. The summed E-state index contributed by atoms with van der Waals surface area (Å²) in [6.07, 6.45) is 5.43. The van der Waals surface area contributed by atoms with Crippen LogP contribution in [-0.2, 0) is 0 Å². The fourth-order valence-corrected chi connectivity index (χ4v) is 1.76. The molecule has 0 amide bonds. The maximum absolute atomic E-state index is 5.29. The third kappa shape index (κ3) is 2.91. The highest BCUT2D eigenvalue weighted by Gasteiger charge is 2.11. The van der Waals surface area contributed by atoms with E-state index in [9.17, 15) is 0 Å². The van der Waals surface area contributed by atoms with Gasteiger partial charge in [-0.25, -0.2) is 0 Å². The van der Waals surface area contributed by atoms with E-state index in [1.54, 1.807) is 27.6 Å². The lowest BCUT2D eigenvalue weighted by atomic mass is 10.1. The molecule has 2 aromatic rings. The molecule has 0 aliphatic rings. The second-order valence-corrected chi connectivity index (χ2v) is 3.81. The van der Waals surface area contributed by atoms with Gasteiger partial charge in [-0.15, -0.1) is 0 Å². The Morgan fingerprint density at radius 3 is 2.11 bits per heavy atom. The number of methoxy groups -OCH3 is 3. The zero-order valence-electron chi connectivity index (χ0n) is 11.2. The van der Waals surface area contributed by atoms with Crippen LogP contribution in [0.1, 0.15) is 11.3 Å². The van der Waals surface area contributed by atoms with Crippen molar-refractivity contribution in [3.05, 3.63) is 41.9 Å². The number of hydrogen-bond donors (Lipinski definition) is 0. The highest BCUT2D eigenvalue weighted by atomic mass is 16.5. The summed E-state index contributed by atoms with van der Waals surface area (Å²) >= 11 is 0. The Bertz CT molecular complexity index is 531. The molecule has 0 saturated carbocycles. The Balaban J connectivity index is 2.36. The van der Waals surface area contributed by atoms with E-state index >= 15 is 0 Å². The molecule has 0 aliphatic heterocycles. The maximum Gasteiger partial charge on any atom is 0.203 e. The van der Waals surface area contributed by atoms with Crippen molar-refractivity contribution in [1.29, 1.82) is 0 Å². The molecule has 0 radical (unpaired) electrons. The predicted octanol–water partition coefficient (Wildman–Crippen LogP) is 3.48. The highest BCUT2D eigenvalue weighted by molar-refractivity contribution is 5.71. The van der Waals surface area contributed by atoms with Crippen molar-refractivity contribution in [1.82, 2.24) is 0 Å². The molecule has 0 bridgehead atoms. The molecule has 1 aromatic carbocycles. The van der Waals surface area contributed by atoms with Gasteiger partial charge in [0, 0.05) is 0 Å². The first-order chi connectivity index (χ1) is 9.28. The number of benzene rings is 1. The monoisotopic (exact) mass is 260 g/mol. The largest absolute Gasteiger partial charge is 0.493 e. The molecule has 19 heavy (non-hydrogen) atoms. The fraction of sp³-hybridized carbons (Fsp3) is 0.200. The molecule has 0 saturated heterocycles. The van der Waals surface area contributed by atoms with Crippen LogP contribution in [0, 0.1) is 0 Å². The van der Waals surface area contributed by atoms with Gasteiger partial charge in [0.05, 0.1) is 27.6 Å². The van der Waals surface area contributed by atoms with Crippen molar-refractivity contribution < 1.29 is 18.6 Å². The first kappa shape index (κ1) is 13.1. The molecule has 0 spiro atoms. The smallest absolute Gasteiger partial charge is 0.203 e. The Labute approximate surface area is 112 Å². The summed E-state index contributed by atoms with van der Waals surface area (Å²) in [5, 5.41) is 0. The summed E-state index contributed by atoms with van der Waals surface area (Å²) in [5.74, 6) is 2.62. The third-order valence-electron chi connectivity index (χ3n) is 2.67. The lowest BCUT2D eigenvalue weighted by Crippen LogP contribution is -1.95. The van der Waals surface area contributed by atoms with Crippen LogP contribution in [0.5, 0.6) is 17.2 Å². The van der Waals surface area contributed by atoms with Crippen LogP contribution in [0.3, 0.4) is 0 Å². The van der Waals surface area contributed by atoms with Crippen molar-refractivity contribution in [2.24, 2.45) is 0 Å². The van der Waals surface area contributed by atoms with Gasteiger partial charge in [-0.3, -0.25) is 0 Å². The van der Waals surface area contributed by atoms with Crippen molar-refractivity contribution in [2.75, 3.05) is 21.3 Å². The topological polar surface area (TPSA) is 40.8 Å². The van der Waals surface area contributed by atoms with Crippen LogP contribution < -0.4 is 14.2 Å². The average Bonchev–Trinajstić information content (AvgIpc) is 2.97. The molecule has 0 fully saturated rings. The number of rotatable bonds is 5. The second kappa shape index (κ2) is 6.00. The van der Waals surface area contributed by atoms with Gasteiger partial charge in [0.15, 0.2) is 11.5 Å². The number of furan rings is 1. The molecule has 0 aliphatic carbocycles. The van der Waals surface area contributed by atoms with Gasteiger partial charge >= 0.3 is 0 Å². The summed E-state index contributed by atoms with van der Waals surface area (Å²) < 4.78 is 21.1. The zero-order chi connectivity index (χ0) is 13.7. The average molecular weight is 260 g/mol. The molecule has 1 aromatic heterocycles. The van der Waals surface area contributed by atoms with Crippen molar-refractivity contribution >= 4 is 12.2 Å². The van der Waals surface area contributed by atoms with E-state index in [1.165, 1.54) is 0 Å². The van der Waals surface area contributed by atoms with E-state index < -0.39 is 0 Å². The van der Waals surface area contributed by atoms with E-state index in [4.69, 9.17) is 18.6 Å². The molecule has 0 N–H and O–H groups in total. The first-order valence-corrected chi connectivity index (χ1v) is 5.80. The van der Waals surface area contributed by atoms with E-state index in [1.807, 2.05) is 36.4 Å². The van der Waals surface area contributed by atoms with Gasteiger partial charge in [-0.1, -0.05) is 6.08 Å². The number of hydrogen-bond acceptors (Lipinski definition) is 4. The minimum Gasteiger partial charge on any atom is -0.493 e. The maximum atomic E-state index is 5.29. The normalized spacial score (nSPS) is 10.7. The van der Waals surface area contributed by atoms with Crippen LogP contribution in [0.25, 0.3) is 12.2 Å². The van der Waals surface area contributed by atoms with Crippen LogP contribution in [0.15, 0.2) is 34.9 Å². The zero-order valence-corrected chi connectivity index (χ0v) is 11.2. The molecular formula is C15H16O4. The molecule has 4 nitrogen and oxygen atoms in total. The van der Waals surface area contributed by atoms with E-state index in [2.05, 4.69) is 0 Å². The van der Waals surface area contributed by atoms with E-state index in [0.717, 1.165) is 11.3 Å². The summed E-state index contributed by atoms with van der Waals surface area (Å²) in [5.41, 5.74) is 0.936. The number of ether oxygens (including phenoxy) is 3. The third-order valence-corrected chi connectivity index (χ3v) is 2.67. The Kier molecular flexibility index (Phi) is 4.13. The SMILES string of the molecule is COc1cc(C=Cc2ccco2)cc(OC)c1OC.